The van der Waals surface area contributed by atoms with Gasteiger partial charge in [-0.25, -0.2) is 15.0 Å². The van der Waals surface area contributed by atoms with E-state index in [0.29, 0.717) is 11.2 Å². The molecule has 1 aromatic heterocycles. The summed E-state index contributed by atoms with van der Waals surface area (Å²) in [6, 6.07) is 0.390. The van der Waals surface area contributed by atoms with Crippen LogP contribution in [0.4, 0.5) is 5.82 Å². The topological polar surface area (TPSA) is 41.4 Å². The minimum atomic E-state index is 0.390. The molecule has 1 fully saturated rings. The van der Waals surface area contributed by atoms with E-state index in [4.69, 9.17) is 11.6 Å². The summed E-state index contributed by atoms with van der Waals surface area (Å²) >= 11 is 7.88. The van der Waals surface area contributed by atoms with Crippen molar-refractivity contribution in [3.05, 3.63) is 10.7 Å². The predicted octanol–water partition coefficient (Wildman–Crippen LogP) is 4.31. The molecule has 20 heavy (non-hydrogen) atoms. The molecule has 1 saturated carbocycles. The lowest BCUT2D eigenvalue weighted by molar-refractivity contribution is 0.614. The molecule has 1 aliphatic carbocycles. The third-order valence-corrected chi connectivity index (χ3v) is 4.94. The van der Waals surface area contributed by atoms with Gasteiger partial charge in [-0.1, -0.05) is 43.1 Å². The van der Waals surface area contributed by atoms with Crippen LogP contribution >= 0.6 is 23.4 Å². The summed E-state index contributed by atoms with van der Waals surface area (Å²) in [5.41, 5.74) is 0.881. The molecule has 0 radical (unpaired) electrons. The molecule has 1 aliphatic rings. The molecule has 1 aromatic rings. The fraction of sp³-hybridized carbons (Fsp3) is 0.643. The number of anilines is 1. The smallest absolute Gasteiger partial charge is 0.191 e. The van der Waals surface area contributed by atoms with Gasteiger partial charge in [0.2, 0.25) is 0 Å². The van der Waals surface area contributed by atoms with Crippen LogP contribution in [-0.2, 0) is 0 Å². The fourth-order valence-corrected chi connectivity index (χ4v) is 3.35. The maximum atomic E-state index is 6.25. The number of thioether (sulfide) groups is 1. The van der Waals surface area contributed by atoms with Crippen LogP contribution in [-0.4, -0.2) is 28.5 Å². The molecule has 0 aromatic carbocycles. The van der Waals surface area contributed by atoms with Crippen molar-refractivity contribution in [3.8, 4) is 0 Å². The van der Waals surface area contributed by atoms with Crippen LogP contribution in [0.2, 0.25) is 5.15 Å². The summed E-state index contributed by atoms with van der Waals surface area (Å²) in [5, 5.41) is 7.37. The Morgan fingerprint density at radius 1 is 1.40 bits per heavy atom. The van der Waals surface area contributed by atoms with E-state index in [1.165, 1.54) is 12.8 Å². The second-order valence-electron chi connectivity index (χ2n) is 5.02. The molecule has 1 heterocycles. The Morgan fingerprint density at radius 2 is 2.10 bits per heavy atom. The molecular formula is C14H21ClN4S. The van der Waals surface area contributed by atoms with Gasteiger partial charge in [-0.05, 0) is 26.2 Å². The number of rotatable bonds is 6. The van der Waals surface area contributed by atoms with Crippen LogP contribution in [0.25, 0.3) is 0 Å². The van der Waals surface area contributed by atoms with E-state index >= 15 is 0 Å². The number of hydrogen-bond donors (Lipinski definition) is 0. The van der Waals surface area contributed by atoms with Gasteiger partial charge in [-0.2, -0.15) is 5.10 Å². The summed E-state index contributed by atoms with van der Waals surface area (Å²) in [6.07, 6.45) is 5.84. The van der Waals surface area contributed by atoms with Crippen LogP contribution < -0.4 is 5.01 Å². The lowest BCUT2D eigenvalue weighted by Crippen LogP contribution is -2.29. The molecule has 4 nitrogen and oxygen atoms in total. The lowest BCUT2D eigenvalue weighted by Gasteiger charge is -2.26. The number of hydrazone groups is 1. The van der Waals surface area contributed by atoms with Crippen molar-refractivity contribution < 1.29 is 0 Å². The Kier molecular flexibility index (Phi) is 5.66. The highest BCUT2D eigenvalue weighted by atomic mass is 35.5. The summed E-state index contributed by atoms with van der Waals surface area (Å²) in [5.74, 6) is 1.80. The third kappa shape index (κ3) is 3.44. The Morgan fingerprint density at radius 3 is 2.70 bits per heavy atom. The van der Waals surface area contributed by atoms with E-state index in [9.17, 15) is 0 Å². The minimum absolute atomic E-state index is 0.390. The number of hydrogen-bond acceptors (Lipinski definition) is 5. The fourth-order valence-electron chi connectivity index (χ4n) is 2.44. The summed E-state index contributed by atoms with van der Waals surface area (Å²) in [6.45, 7) is 7.79. The Hall–Kier alpha value is -0.810. The van der Waals surface area contributed by atoms with Gasteiger partial charge >= 0.3 is 0 Å². The zero-order chi connectivity index (χ0) is 14.5. The molecule has 0 atom stereocenters. The average molecular weight is 313 g/mol. The highest BCUT2D eigenvalue weighted by Gasteiger charge is 2.26. The second-order valence-corrected chi connectivity index (χ2v) is 6.44. The van der Waals surface area contributed by atoms with Crippen molar-refractivity contribution in [2.75, 3.05) is 10.8 Å². The quantitative estimate of drug-likeness (QED) is 0.258. The number of aromatic nitrogens is 2. The standard InChI is InChI=1S/C14H21ClN4S/c1-4-9-20-14-17-12(15)10(2)13(18-14)19(16-3)11-7-5-6-8-11/h11H,3-9H2,1-2H3. The van der Waals surface area contributed by atoms with Crippen molar-refractivity contribution in [1.82, 2.24) is 9.97 Å². The van der Waals surface area contributed by atoms with Gasteiger partial charge in [-0.3, -0.25) is 0 Å². The van der Waals surface area contributed by atoms with Crippen molar-refractivity contribution >= 4 is 35.9 Å². The molecule has 0 unspecified atom stereocenters. The van der Waals surface area contributed by atoms with Crippen LogP contribution in [0.1, 0.15) is 44.6 Å². The minimum Gasteiger partial charge on any atom is -0.245 e. The highest BCUT2D eigenvalue weighted by molar-refractivity contribution is 7.99. The molecule has 110 valence electrons. The van der Waals surface area contributed by atoms with E-state index in [2.05, 4.69) is 28.7 Å². The van der Waals surface area contributed by atoms with Crippen LogP contribution in [0.3, 0.4) is 0 Å². The van der Waals surface area contributed by atoms with E-state index in [1.54, 1.807) is 11.8 Å². The normalized spacial score (nSPS) is 15.6. The first-order valence-electron chi connectivity index (χ1n) is 7.10. The zero-order valence-electron chi connectivity index (χ0n) is 12.1. The molecule has 2 rings (SSSR count). The molecule has 0 amide bonds. The first kappa shape index (κ1) is 15.6. The molecule has 0 bridgehead atoms. The predicted molar refractivity (Wildman–Crippen MR) is 87.1 cm³/mol. The highest BCUT2D eigenvalue weighted by Crippen LogP contribution is 2.32. The maximum absolute atomic E-state index is 6.25. The Balaban J connectivity index is 2.31. The van der Waals surface area contributed by atoms with Crippen LogP contribution in [0, 0.1) is 6.92 Å². The second kappa shape index (κ2) is 7.27. The van der Waals surface area contributed by atoms with Gasteiger partial charge in [-0.15, -0.1) is 0 Å². The molecule has 0 saturated heterocycles. The lowest BCUT2D eigenvalue weighted by atomic mass is 10.2. The van der Waals surface area contributed by atoms with Gasteiger partial charge in [0.15, 0.2) is 11.0 Å². The van der Waals surface area contributed by atoms with Gasteiger partial charge in [0, 0.05) is 18.0 Å². The van der Waals surface area contributed by atoms with Gasteiger partial charge < -0.3 is 0 Å². The largest absolute Gasteiger partial charge is 0.245 e. The van der Waals surface area contributed by atoms with E-state index in [1.807, 2.05) is 11.9 Å². The van der Waals surface area contributed by atoms with Gasteiger partial charge in [0.25, 0.3) is 0 Å². The van der Waals surface area contributed by atoms with E-state index < -0.39 is 0 Å². The summed E-state index contributed by atoms with van der Waals surface area (Å²) in [4.78, 5) is 8.99. The number of halogens is 1. The van der Waals surface area contributed by atoms with Gasteiger partial charge in [0.1, 0.15) is 5.15 Å². The monoisotopic (exact) mass is 312 g/mol. The van der Waals surface area contributed by atoms with Crippen LogP contribution in [0.5, 0.6) is 0 Å². The molecule has 0 spiro atoms. The molecular weight excluding hydrogens is 292 g/mol. The van der Waals surface area contributed by atoms with Crippen molar-refractivity contribution in [2.24, 2.45) is 5.10 Å². The maximum Gasteiger partial charge on any atom is 0.191 e. The summed E-state index contributed by atoms with van der Waals surface area (Å²) in [7, 11) is 0. The van der Waals surface area contributed by atoms with Crippen molar-refractivity contribution in [3.63, 3.8) is 0 Å². The van der Waals surface area contributed by atoms with E-state index in [0.717, 1.165) is 41.6 Å². The van der Waals surface area contributed by atoms with Crippen molar-refractivity contribution in [1.29, 1.82) is 0 Å². The Bertz CT molecular complexity index is 474. The SMILES string of the molecule is C=NN(c1nc(SCCC)nc(Cl)c1C)C1CCCC1. The first-order valence-corrected chi connectivity index (χ1v) is 8.46. The molecule has 0 N–H and O–H groups in total. The van der Waals surface area contributed by atoms with E-state index in [-0.39, 0.29) is 0 Å². The Labute approximate surface area is 130 Å². The first-order chi connectivity index (χ1) is 9.67. The average Bonchev–Trinajstić information content (AvgIpc) is 2.96. The molecule has 6 heteroatoms. The third-order valence-electron chi connectivity index (χ3n) is 3.52. The zero-order valence-corrected chi connectivity index (χ0v) is 13.7. The van der Waals surface area contributed by atoms with Gasteiger partial charge in [0.05, 0.1) is 6.04 Å². The van der Waals surface area contributed by atoms with Crippen LogP contribution in [0.15, 0.2) is 10.3 Å². The number of nitrogens with zero attached hydrogens (tertiary/aromatic N) is 4. The van der Waals surface area contributed by atoms with Crippen molar-refractivity contribution in [2.45, 2.75) is 57.1 Å². The molecule has 0 aliphatic heterocycles. The summed E-state index contributed by atoms with van der Waals surface area (Å²) < 4.78 is 0.